The van der Waals surface area contributed by atoms with E-state index >= 15 is 0 Å². The summed E-state index contributed by atoms with van der Waals surface area (Å²) >= 11 is 1.19. The van der Waals surface area contributed by atoms with Gasteiger partial charge >= 0.3 is 11.9 Å². The standard InChI is InChI=1S/C21H20FNO5S/c1-11-16(12-7-9-13(22)10-8-12)17(21(27)28-2)19(29-11)23-18(24)14-5-3-4-6-15(14)20(25)26/h3-4,7-10,14-15H,5-6H2,1-2H3,(H,23,24)(H,25,26)/t14-,15-/m0/s1. The van der Waals surface area contributed by atoms with E-state index < -0.39 is 35.5 Å². The first kappa shape index (κ1) is 20.7. The van der Waals surface area contributed by atoms with Gasteiger partial charge in [-0.15, -0.1) is 11.3 Å². The lowest BCUT2D eigenvalue weighted by Crippen LogP contribution is -2.34. The minimum atomic E-state index is -1.03. The highest BCUT2D eigenvalue weighted by atomic mass is 32.1. The molecule has 29 heavy (non-hydrogen) atoms. The summed E-state index contributed by atoms with van der Waals surface area (Å²) in [4.78, 5) is 37.6. The molecule has 0 fully saturated rings. The van der Waals surface area contributed by atoms with Gasteiger partial charge in [-0.2, -0.15) is 0 Å². The number of halogens is 1. The quantitative estimate of drug-likeness (QED) is 0.560. The van der Waals surface area contributed by atoms with E-state index in [1.165, 1.54) is 30.6 Å². The monoisotopic (exact) mass is 417 g/mol. The second kappa shape index (κ2) is 8.57. The molecule has 1 heterocycles. The van der Waals surface area contributed by atoms with Gasteiger partial charge in [0.05, 0.1) is 18.9 Å². The van der Waals surface area contributed by atoms with Crippen LogP contribution in [0.3, 0.4) is 0 Å². The molecule has 2 N–H and O–H groups in total. The fourth-order valence-electron chi connectivity index (χ4n) is 3.48. The van der Waals surface area contributed by atoms with Gasteiger partial charge in [0.1, 0.15) is 16.4 Å². The predicted octanol–water partition coefficient (Wildman–Crippen LogP) is 4.25. The number of carbonyl (C=O) groups is 3. The molecule has 1 amide bonds. The number of thiophene rings is 1. The maximum atomic E-state index is 13.3. The largest absolute Gasteiger partial charge is 0.481 e. The van der Waals surface area contributed by atoms with E-state index in [0.717, 1.165) is 4.88 Å². The first-order chi connectivity index (χ1) is 13.8. The summed E-state index contributed by atoms with van der Waals surface area (Å²) < 4.78 is 18.2. The Morgan fingerprint density at radius 1 is 1.14 bits per heavy atom. The summed E-state index contributed by atoms with van der Waals surface area (Å²) in [6.07, 6.45) is 4.13. The summed E-state index contributed by atoms with van der Waals surface area (Å²) in [5.41, 5.74) is 1.34. The molecular weight excluding hydrogens is 397 g/mol. The molecule has 0 spiro atoms. The fourth-order valence-corrected chi connectivity index (χ4v) is 4.54. The first-order valence-electron chi connectivity index (χ1n) is 8.99. The summed E-state index contributed by atoms with van der Waals surface area (Å²) in [7, 11) is 1.24. The number of esters is 1. The van der Waals surface area contributed by atoms with Gasteiger partial charge in [0.25, 0.3) is 0 Å². The van der Waals surface area contributed by atoms with Crippen molar-refractivity contribution in [2.24, 2.45) is 11.8 Å². The number of allylic oxidation sites excluding steroid dienone is 2. The van der Waals surface area contributed by atoms with E-state index in [0.29, 0.717) is 17.5 Å². The Labute approximate surface area is 171 Å². The summed E-state index contributed by atoms with van der Waals surface area (Å²) in [6, 6.07) is 5.68. The van der Waals surface area contributed by atoms with Gasteiger partial charge in [-0.1, -0.05) is 24.3 Å². The molecule has 2 atom stereocenters. The third-order valence-electron chi connectivity index (χ3n) is 4.93. The zero-order chi connectivity index (χ0) is 21.1. The molecule has 152 valence electrons. The number of carboxylic acids is 1. The maximum Gasteiger partial charge on any atom is 0.341 e. The van der Waals surface area contributed by atoms with Crippen LogP contribution in [0.15, 0.2) is 36.4 Å². The van der Waals surface area contributed by atoms with E-state index in [1.54, 1.807) is 31.2 Å². The van der Waals surface area contributed by atoms with Gasteiger partial charge in [0, 0.05) is 10.4 Å². The molecule has 0 radical (unpaired) electrons. The van der Waals surface area contributed by atoms with Crippen molar-refractivity contribution in [1.29, 1.82) is 0 Å². The topological polar surface area (TPSA) is 92.7 Å². The van der Waals surface area contributed by atoms with E-state index in [-0.39, 0.29) is 17.0 Å². The number of hydrogen-bond acceptors (Lipinski definition) is 5. The minimum absolute atomic E-state index is 0.174. The molecule has 6 nitrogen and oxygen atoms in total. The van der Waals surface area contributed by atoms with E-state index in [4.69, 9.17) is 4.74 Å². The van der Waals surface area contributed by atoms with Gasteiger partial charge in [-0.3, -0.25) is 9.59 Å². The summed E-state index contributed by atoms with van der Waals surface area (Å²) in [6.45, 7) is 1.79. The molecule has 1 aliphatic carbocycles. The van der Waals surface area contributed by atoms with Crippen molar-refractivity contribution in [3.63, 3.8) is 0 Å². The number of aryl methyl sites for hydroxylation is 1. The third kappa shape index (κ3) is 4.22. The van der Waals surface area contributed by atoms with Crippen LogP contribution in [0.1, 0.15) is 28.1 Å². The van der Waals surface area contributed by atoms with Crippen molar-refractivity contribution in [3.05, 3.63) is 52.7 Å². The molecule has 1 aromatic carbocycles. The second-order valence-electron chi connectivity index (χ2n) is 6.72. The van der Waals surface area contributed by atoms with Gasteiger partial charge in [0.15, 0.2) is 0 Å². The van der Waals surface area contributed by atoms with Crippen molar-refractivity contribution < 1.29 is 28.6 Å². The fraction of sp³-hybridized carbons (Fsp3) is 0.286. The highest BCUT2D eigenvalue weighted by Crippen LogP contribution is 2.41. The number of carboxylic acid groups (broad SMARTS) is 1. The Hall–Kier alpha value is -3.00. The molecule has 2 aromatic rings. The van der Waals surface area contributed by atoms with E-state index in [2.05, 4.69) is 5.32 Å². The van der Waals surface area contributed by atoms with Crippen LogP contribution in [0, 0.1) is 24.6 Å². The van der Waals surface area contributed by atoms with Crippen LogP contribution in [0.5, 0.6) is 0 Å². The van der Waals surface area contributed by atoms with Crippen LogP contribution in [0.2, 0.25) is 0 Å². The molecule has 0 saturated heterocycles. The molecule has 1 aromatic heterocycles. The highest BCUT2D eigenvalue weighted by Gasteiger charge is 2.35. The minimum Gasteiger partial charge on any atom is -0.481 e. The predicted molar refractivity (Wildman–Crippen MR) is 107 cm³/mol. The number of methoxy groups -OCH3 is 1. The van der Waals surface area contributed by atoms with Crippen LogP contribution in [-0.4, -0.2) is 30.1 Å². The number of nitrogens with one attached hydrogen (secondary N) is 1. The zero-order valence-electron chi connectivity index (χ0n) is 15.9. The molecule has 0 saturated carbocycles. The number of benzene rings is 1. The smallest absolute Gasteiger partial charge is 0.341 e. The van der Waals surface area contributed by atoms with Crippen LogP contribution in [-0.2, 0) is 14.3 Å². The number of rotatable bonds is 5. The van der Waals surface area contributed by atoms with Crippen molar-refractivity contribution in [2.45, 2.75) is 19.8 Å². The third-order valence-corrected chi connectivity index (χ3v) is 5.95. The summed E-state index contributed by atoms with van der Waals surface area (Å²) in [5.74, 6) is -4.09. The summed E-state index contributed by atoms with van der Waals surface area (Å²) in [5, 5.41) is 12.4. The molecule has 3 rings (SSSR count). The lowest BCUT2D eigenvalue weighted by atomic mass is 9.82. The lowest BCUT2D eigenvalue weighted by Gasteiger charge is -2.24. The Morgan fingerprint density at radius 3 is 2.34 bits per heavy atom. The molecular formula is C21H20FNO5S. The van der Waals surface area contributed by atoms with Gasteiger partial charge in [-0.25, -0.2) is 9.18 Å². The molecule has 0 aliphatic heterocycles. The van der Waals surface area contributed by atoms with E-state index in [1.807, 2.05) is 0 Å². The number of carbonyl (C=O) groups excluding carboxylic acids is 2. The Morgan fingerprint density at radius 2 is 1.76 bits per heavy atom. The van der Waals surface area contributed by atoms with Crippen LogP contribution >= 0.6 is 11.3 Å². The second-order valence-corrected chi connectivity index (χ2v) is 7.94. The number of amides is 1. The van der Waals surface area contributed by atoms with Crippen LogP contribution < -0.4 is 5.32 Å². The number of aliphatic carboxylic acids is 1. The Balaban J connectivity index is 1.99. The Kier molecular flexibility index (Phi) is 6.12. The van der Waals surface area contributed by atoms with Crippen molar-refractivity contribution in [2.75, 3.05) is 12.4 Å². The SMILES string of the molecule is COC(=O)c1c(NC(=O)[C@H]2CC=CC[C@@H]2C(=O)O)sc(C)c1-c1ccc(F)cc1. The van der Waals surface area contributed by atoms with E-state index in [9.17, 15) is 23.9 Å². The number of hydrogen-bond donors (Lipinski definition) is 2. The highest BCUT2D eigenvalue weighted by molar-refractivity contribution is 7.17. The normalized spacial score (nSPS) is 18.3. The van der Waals surface area contributed by atoms with Crippen molar-refractivity contribution in [3.8, 4) is 11.1 Å². The first-order valence-corrected chi connectivity index (χ1v) is 9.81. The lowest BCUT2D eigenvalue weighted by molar-refractivity contribution is -0.146. The Bertz CT molecular complexity index is 980. The van der Waals surface area contributed by atoms with Crippen LogP contribution in [0.25, 0.3) is 11.1 Å². The molecule has 8 heteroatoms. The van der Waals surface area contributed by atoms with Gasteiger partial charge < -0.3 is 15.2 Å². The van der Waals surface area contributed by atoms with Crippen molar-refractivity contribution in [1.82, 2.24) is 0 Å². The average molecular weight is 417 g/mol. The van der Waals surface area contributed by atoms with Gasteiger partial charge in [0.2, 0.25) is 5.91 Å². The molecule has 0 unspecified atom stereocenters. The number of anilines is 1. The average Bonchev–Trinajstić information content (AvgIpc) is 3.03. The van der Waals surface area contributed by atoms with Crippen LogP contribution in [0.4, 0.5) is 9.39 Å². The molecule has 1 aliphatic rings. The van der Waals surface area contributed by atoms with Crippen molar-refractivity contribution >= 4 is 34.2 Å². The number of ether oxygens (including phenoxy) is 1. The van der Waals surface area contributed by atoms with Gasteiger partial charge in [-0.05, 0) is 37.5 Å². The zero-order valence-corrected chi connectivity index (χ0v) is 16.7. The molecule has 0 bridgehead atoms. The maximum absolute atomic E-state index is 13.3.